The number of hydrogen-bond acceptors (Lipinski definition) is 2. The first-order valence-electron chi connectivity index (χ1n) is 7.19. The molecule has 1 atom stereocenters. The van der Waals surface area contributed by atoms with Crippen LogP contribution < -0.4 is 10.6 Å². The standard InChI is InChI=1S/C17H17ClN2O2/c18-14-6-3-7-15(9-14)20-17(21)19-10-16-8-12-4-1-2-5-13(12)11-22-16/h1-7,9,16H,8,10-11H2,(H2,19,20,21). The van der Waals surface area contributed by atoms with Crippen LogP contribution in [-0.4, -0.2) is 18.7 Å². The van der Waals surface area contributed by atoms with Crippen molar-refractivity contribution >= 4 is 23.3 Å². The third-order valence-corrected chi connectivity index (χ3v) is 3.85. The molecule has 1 aliphatic rings. The van der Waals surface area contributed by atoms with E-state index in [9.17, 15) is 4.79 Å². The van der Waals surface area contributed by atoms with Gasteiger partial charge < -0.3 is 15.4 Å². The van der Waals surface area contributed by atoms with Crippen molar-refractivity contribution in [3.8, 4) is 0 Å². The van der Waals surface area contributed by atoms with E-state index in [-0.39, 0.29) is 12.1 Å². The fourth-order valence-corrected chi connectivity index (χ4v) is 2.68. The zero-order valence-electron chi connectivity index (χ0n) is 12.0. The molecule has 3 rings (SSSR count). The molecule has 0 saturated carbocycles. The maximum absolute atomic E-state index is 11.9. The summed E-state index contributed by atoms with van der Waals surface area (Å²) in [6.45, 7) is 1.07. The van der Waals surface area contributed by atoms with Crippen molar-refractivity contribution in [1.82, 2.24) is 5.32 Å². The Morgan fingerprint density at radius 3 is 2.82 bits per heavy atom. The largest absolute Gasteiger partial charge is 0.371 e. The molecule has 0 bridgehead atoms. The van der Waals surface area contributed by atoms with Crippen LogP contribution in [0.25, 0.3) is 0 Å². The predicted octanol–water partition coefficient (Wildman–Crippen LogP) is 3.60. The van der Waals surface area contributed by atoms with Crippen molar-refractivity contribution in [3.05, 3.63) is 64.7 Å². The second kappa shape index (κ2) is 6.81. The van der Waals surface area contributed by atoms with Gasteiger partial charge in [-0.3, -0.25) is 0 Å². The zero-order valence-corrected chi connectivity index (χ0v) is 12.8. The first-order valence-corrected chi connectivity index (χ1v) is 7.57. The molecule has 2 aromatic carbocycles. The quantitative estimate of drug-likeness (QED) is 0.909. The fourth-order valence-electron chi connectivity index (χ4n) is 2.49. The van der Waals surface area contributed by atoms with E-state index in [1.807, 2.05) is 12.1 Å². The van der Waals surface area contributed by atoms with Crippen LogP contribution in [0.1, 0.15) is 11.1 Å². The minimum Gasteiger partial charge on any atom is -0.371 e. The van der Waals surface area contributed by atoms with Gasteiger partial charge in [0, 0.05) is 23.7 Å². The molecule has 0 radical (unpaired) electrons. The summed E-state index contributed by atoms with van der Waals surface area (Å²) in [6.07, 6.45) is 0.813. The van der Waals surface area contributed by atoms with Crippen LogP contribution in [0.5, 0.6) is 0 Å². The number of benzene rings is 2. The Morgan fingerprint density at radius 1 is 1.18 bits per heavy atom. The van der Waals surface area contributed by atoms with Crippen LogP contribution in [0.2, 0.25) is 5.02 Å². The average Bonchev–Trinajstić information content (AvgIpc) is 2.53. The molecule has 22 heavy (non-hydrogen) atoms. The Morgan fingerprint density at radius 2 is 2.00 bits per heavy atom. The molecule has 0 aromatic heterocycles. The average molecular weight is 317 g/mol. The van der Waals surface area contributed by atoms with Crippen molar-refractivity contribution < 1.29 is 9.53 Å². The summed E-state index contributed by atoms with van der Waals surface area (Å²) in [4.78, 5) is 11.9. The highest BCUT2D eigenvalue weighted by atomic mass is 35.5. The molecule has 0 aliphatic carbocycles. The van der Waals surface area contributed by atoms with Gasteiger partial charge in [0.15, 0.2) is 0 Å². The van der Waals surface area contributed by atoms with Gasteiger partial charge in [0.05, 0.1) is 12.7 Å². The lowest BCUT2D eigenvalue weighted by Gasteiger charge is -2.25. The van der Waals surface area contributed by atoms with Crippen LogP contribution in [0.4, 0.5) is 10.5 Å². The Bertz CT molecular complexity index is 675. The Kier molecular flexibility index (Phi) is 4.61. The van der Waals surface area contributed by atoms with Gasteiger partial charge in [-0.2, -0.15) is 0 Å². The summed E-state index contributed by atoms with van der Waals surface area (Å²) in [5.41, 5.74) is 3.18. The molecule has 0 fully saturated rings. The van der Waals surface area contributed by atoms with Gasteiger partial charge in [0.1, 0.15) is 0 Å². The Labute approximate surface area is 134 Å². The maximum Gasteiger partial charge on any atom is 0.319 e. The molecule has 2 amide bonds. The highest BCUT2D eigenvalue weighted by molar-refractivity contribution is 6.30. The monoisotopic (exact) mass is 316 g/mol. The van der Waals surface area contributed by atoms with E-state index >= 15 is 0 Å². The number of carbonyl (C=O) groups excluding carboxylic acids is 1. The van der Waals surface area contributed by atoms with E-state index in [0.717, 1.165) is 6.42 Å². The number of amides is 2. The second-order valence-corrected chi connectivity index (χ2v) is 5.69. The second-order valence-electron chi connectivity index (χ2n) is 5.25. The van der Waals surface area contributed by atoms with Gasteiger partial charge in [-0.1, -0.05) is 41.9 Å². The predicted molar refractivity (Wildman–Crippen MR) is 87.2 cm³/mol. The Hall–Kier alpha value is -2.04. The van der Waals surface area contributed by atoms with Gasteiger partial charge in [-0.05, 0) is 29.3 Å². The number of fused-ring (bicyclic) bond motifs is 1. The van der Waals surface area contributed by atoms with Crippen molar-refractivity contribution in [1.29, 1.82) is 0 Å². The third kappa shape index (κ3) is 3.78. The van der Waals surface area contributed by atoms with Crippen LogP contribution in [0.15, 0.2) is 48.5 Å². The summed E-state index contributed by atoms with van der Waals surface area (Å²) < 4.78 is 5.76. The number of hydrogen-bond donors (Lipinski definition) is 2. The number of carbonyl (C=O) groups is 1. The molecular weight excluding hydrogens is 300 g/mol. The van der Waals surface area contributed by atoms with Crippen molar-refractivity contribution in [3.63, 3.8) is 0 Å². The number of halogens is 1. The summed E-state index contributed by atoms with van der Waals surface area (Å²) in [7, 11) is 0. The fraction of sp³-hybridized carbons (Fsp3) is 0.235. The molecule has 2 aromatic rings. The van der Waals surface area contributed by atoms with Gasteiger partial charge in [-0.15, -0.1) is 0 Å². The van der Waals surface area contributed by atoms with Crippen LogP contribution >= 0.6 is 11.6 Å². The Balaban J connectivity index is 1.50. The molecule has 114 valence electrons. The van der Waals surface area contributed by atoms with Gasteiger partial charge >= 0.3 is 6.03 Å². The van der Waals surface area contributed by atoms with Gasteiger partial charge in [-0.25, -0.2) is 4.79 Å². The lowest BCUT2D eigenvalue weighted by molar-refractivity contribution is 0.0308. The molecular formula is C17H17ClN2O2. The number of rotatable bonds is 3. The van der Waals surface area contributed by atoms with Crippen LogP contribution in [-0.2, 0) is 17.8 Å². The maximum atomic E-state index is 11.9. The van der Waals surface area contributed by atoms with Crippen LogP contribution in [0, 0.1) is 0 Å². The summed E-state index contributed by atoms with van der Waals surface area (Å²) in [6, 6.07) is 15.0. The molecule has 0 saturated heterocycles. The van der Waals surface area contributed by atoms with E-state index in [2.05, 4.69) is 22.8 Å². The van der Waals surface area contributed by atoms with E-state index in [1.54, 1.807) is 24.3 Å². The first kappa shape index (κ1) is 14.9. The lowest BCUT2D eigenvalue weighted by Crippen LogP contribution is -2.38. The van der Waals surface area contributed by atoms with E-state index in [0.29, 0.717) is 23.9 Å². The number of urea groups is 1. The summed E-state index contributed by atoms with van der Waals surface area (Å²) in [5, 5.41) is 6.17. The molecule has 2 N–H and O–H groups in total. The van der Waals surface area contributed by atoms with Crippen LogP contribution in [0.3, 0.4) is 0 Å². The minimum absolute atomic E-state index is 0.0000105. The molecule has 1 unspecified atom stereocenters. The molecule has 1 aliphatic heterocycles. The summed E-state index contributed by atoms with van der Waals surface area (Å²) >= 11 is 5.88. The highest BCUT2D eigenvalue weighted by Gasteiger charge is 2.19. The van der Waals surface area contributed by atoms with Gasteiger partial charge in [0.25, 0.3) is 0 Å². The van der Waals surface area contributed by atoms with Crippen molar-refractivity contribution in [2.24, 2.45) is 0 Å². The molecule has 0 spiro atoms. The van der Waals surface area contributed by atoms with E-state index in [1.165, 1.54) is 11.1 Å². The minimum atomic E-state index is -0.260. The SMILES string of the molecule is O=C(NCC1Cc2ccccc2CO1)Nc1cccc(Cl)c1. The topological polar surface area (TPSA) is 50.4 Å². The summed E-state index contributed by atoms with van der Waals surface area (Å²) in [5.74, 6) is 0. The van der Waals surface area contributed by atoms with E-state index in [4.69, 9.17) is 16.3 Å². The smallest absolute Gasteiger partial charge is 0.319 e. The number of ether oxygens (including phenoxy) is 1. The first-order chi connectivity index (χ1) is 10.7. The lowest BCUT2D eigenvalue weighted by atomic mass is 9.99. The third-order valence-electron chi connectivity index (χ3n) is 3.61. The number of anilines is 1. The van der Waals surface area contributed by atoms with Crippen molar-refractivity contribution in [2.75, 3.05) is 11.9 Å². The van der Waals surface area contributed by atoms with E-state index < -0.39 is 0 Å². The van der Waals surface area contributed by atoms with Gasteiger partial charge in [0.2, 0.25) is 0 Å². The molecule has 1 heterocycles. The highest BCUT2D eigenvalue weighted by Crippen LogP contribution is 2.20. The van der Waals surface area contributed by atoms with Crippen molar-refractivity contribution in [2.45, 2.75) is 19.1 Å². The normalized spacial score (nSPS) is 16.7. The molecule has 4 nitrogen and oxygen atoms in total. The molecule has 5 heteroatoms. The number of nitrogens with one attached hydrogen (secondary N) is 2. The zero-order chi connectivity index (χ0) is 15.4.